The summed E-state index contributed by atoms with van der Waals surface area (Å²) < 4.78 is 13.5. The molecule has 0 saturated heterocycles. The fourth-order valence-corrected chi connectivity index (χ4v) is 4.06. The lowest BCUT2D eigenvalue weighted by Crippen LogP contribution is -2.14. The van der Waals surface area contributed by atoms with Crippen molar-refractivity contribution >= 4 is 45.5 Å². The van der Waals surface area contributed by atoms with Crippen LogP contribution in [0.25, 0.3) is 0 Å². The van der Waals surface area contributed by atoms with E-state index in [1.165, 1.54) is 23.5 Å². The standard InChI is InChI=1S/C23H18ClFN4OS/c1-14-5-2-6-15(20(14)24)11-18-13-27-23(31-18)29-22(30)19-9-4-10-26-21(19)28-17-8-3-7-16(25)12-17/h2-10,12-13H,11H2,1H3,(H,26,28)(H,27,29,30). The fourth-order valence-electron chi connectivity index (χ4n) is 3.03. The van der Waals surface area contributed by atoms with Gasteiger partial charge in [0.2, 0.25) is 0 Å². The maximum absolute atomic E-state index is 13.5. The molecule has 1 amide bonds. The highest BCUT2D eigenvalue weighted by Gasteiger charge is 2.15. The molecule has 2 aromatic carbocycles. The van der Waals surface area contributed by atoms with Gasteiger partial charge in [0.25, 0.3) is 5.91 Å². The third-order valence-corrected chi connectivity index (χ3v) is 6.00. The van der Waals surface area contributed by atoms with Crippen LogP contribution >= 0.6 is 22.9 Å². The number of thiazole rings is 1. The summed E-state index contributed by atoms with van der Waals surface area (Å²) in [5, 5.41) is 7.01. The summed E-state index contributed by atoms with van der Waals surface area (Å²) in [6.07, 6.45) is 3.92. The Morgan fingerprint density at radius 1 is 1.13 bits per heavy atom. The van der Waals surface area contributed by atoms with Gasteiger partial charge in [-0.05, 0) is 48.4 Å². The monoisotopic (exact) mass is 452 g/mol. The minimum atomic E-state index is -0.379. The number of pyridine rings is 1. The second-order valence-corrected chi connectivity index (χ2v) is 8.34. The predicted octanol–water partition coefficient (Wildman–Crippen LogP) is 6.23. The van der Waals surface area contributed by atoms with Crippen molar-refractivity contribution in [3.8, 4) is 0 Å². The largest absolute Gasteiger partial charge is 0.339 e. The lowest BCUT2D eigenvalue weighted by Gasteiger charge is -2.10. The Hall–Kier alpha value is -3.29. The molecule has 4 aromatic rings. The van der Waals surface area contributed by atoms with E-state index in [-0.39, 0.29) is 11.7 Å². The highest BCUT2D eigenvalue weighted by atomic mass is 35.5. The number of nitrogens with zero attached hydrogens (tertiary/aromatic N) is 2. The number of carbonyl (C=O) groups is 1. The molecule has 0 aliphatic carbocycles. The molecular weight excluding hydrogens is 435 g/mol. The quantitative estimate of drug-likeness (QED) is 0.364. The molecule has 0 fully saturated rings. The van der Waals surface area contributed by atoms with E-state index in [4.69, 9.17) is 11.6 Å². The number of carbonyl (C=O) groups excluding carboxylic acids is 1. The first-order chi connectivity index (χ1) is 15.0. The van der Waals surface area contributed by atoms with E-state index in [0.29, 0.717) is 28.6 Å². The molecule has 0 bridgehead atoms. The van der Waals surface area contributed by atoms with Gasteiger partial charge in [0.15, 0.2) is 5.13 Å². The van der Waals surface area contributed by atoms with Gasteiger partial charge in [-0.15, -0.1) is 11.3 Å². The van der Waals surface area contributed by atoms with Crippen LogP contribution in [0.15, 0.2) is 67.0 Å². The zero-order chi connectivity index (χ0) is 21.8. The molecule has 2 N–H and O–H groups in total. The van der Waals surface area contributed by atoms with Gasteiger partial charge < -0.3 is 5.32 Å². The summed E-state index contributed by atoms with van der Waals surface area (Å²) in [7, 11) is 0. The van der Waals surface area contributed by atoms with Crippen LogP contribution in [0, 0.1) is 12.7 Å². The molecule has 0 aliphatic rings. The molecule has 2 heterocycles. The minimum absolute atomic E-state index is 0.324. The van der Waals surface area contributed by atoms with Gasteiger partial charge in [0, 0.05) is 34.4 Å². The van der Waals surface area contributed by atoms with E-state index < -0.39 is 0 Å². The Labute approximate surface area is 188 Å². The highest BCUT2D eigenvalue weighted by molar-refractivity contribution is 7.15. The summed E-state index contributed by atoms with van der Waals surface area (Å²) >= 11 is 7.77. The van der Waals surface area contributed by atoms with Crippen molar-refractivity contribution in [1.82, 2.24) is 9.97 Å². The Morgan fingerprint density at radius 2 is 1.97 bits per heavy atom. The summed E-state index contributed by atoms with van der Waals surface area (Å²) in [4.78, 5) is 22.3. The van der Waals surface area contributed by atoms with Gasteiger partial charge in [-0.1, -0.05) is 35.9 Å². The first-order valence-corrected chi connectivity index (χ1v) is 10.7. The molecule has 4 rings (SSSR count). The topological polar surface area (TPSA) is 66.9 Å². The van der Waals surface area contributed by atoms with Crippen LogP contribution in [0.5, 0.6) is 0 Å². The van der Waals surface area contributed by atoms with Crippen LogP contribution in [0.4, 0.5) is 21.0 Å². The summed E-state index contributed by atoms with van der Waals surface area (Å²) in [6, 6.07) is 15.2. The molecule has 156 valence electrons. The normalized spacial score (nSPS) is 10.7. The molecule has 0 radical (unpaired) electrons. The number of aryl methyl sites for hydroxylation is 1. The van der Waals surface area contributed by atoms with Crippen molar-refractivity contribution in [2.75, 3.05) is 10.6 Å². The minimum Gasteiger partial charge on any atom is -0.339 e. The Balaban J connectivity index is 1.49. The number of benzene rings is 2. The second kappa shape index (κ2) is 9.24. The number of rotatable bonds is 6. The van der Waals surface area contributed by atoms with Crippen molar-refractivity contribution in [3.05, 3.63) is 99.4 Å². The Kier molecular flexibility index (Phi) is 6.25. The molecule has 0 atom stereocenters. The van der Waals surface area contributed by atoms with Crippen LogP contribution in [0.2, 0.25) is 5.02 Å². The van der Waals surface area contributed by atoms with Gasteiger partial charge in [0.05, 0.1) is 5.56 Å². The molecule has 2 aromatic heterocycles. The van der Waals surface area contributed by atoms with Crippen LogP contribution in [0.3, 0.4) is 0 Å². The zero-order valence-corrected chi connectivity index (χ0v) is 18.1. The Morgan fingerprint density at radius 3 is 2.81 bits per heavy atom. The first kappa shape index (κ1) is 21.0. The predicted molar refractivity (Wildman–Crippen MR) is 123 cm³/mol. The number of halogens is 2. The molecule has 31 heavy (non-hydrogen) atoms. The molecule has 8 heteroatoms. The van der Waals surface area contributed by atoms with Gasteiger partial charge in [-0.2, -0.15) is 0 Å². The number of amides is 1. The fraction of sp³-hybridized carbons (Fsp3) is 0.0870. The van der Waals surface area contributed by atoms with Crippen LogP contribution in [0.1, 0.15) is 26.4 Å². The second-order valence-electron chi connectivity index (χ2n) is 6.85. The maximum Gasteiger partial charge on any atom is 0.261 e. The number of hydrogen-bond acceptors (Lipinski definition) is 5. The van der Waals surface area contributed by atoms with Crippen molar-refractivity contribution in [3.63, 3.8) is 0 Å². The van der Waals surface area contributed by atoms with Gasteiger partial charge in [0.1, 0.15) is 11.6 Å². The Bertz CT molecular complexity index is 1240. The van der Waals surface area contributed by atoms with E-state index in [0.717, 1.165) is 21.0 Å². The lowest BCUT2D eigenvalue weighted by atomic mass is 10.1. The van der Waals surface area contributed by atoms with E-state index >= 15 is 0 Å². The van der Waals surface area contributed by atoms with Gasteiger partial charge in [-0.25, -0.2) is 14.4 Å². The van der Waals surface area contributed by atoms with E-state index in [9.17, 15) is 9.18 Å². The molecule has 0 unspecified atom stereocenters. The van der Waals surface area contributed by atoms with Crippen molar-refractivity contribution in [1.29, 1.82) is 0 Å². The third kappa shape index (κ3) is 5.07. The van der Waals surface area contributed by atoms with Crippen LogP contribution < -0.4 is 10.6 Å². The van der Waals surface area contributed by atoms with Crippen LogP contribution in [-0.2, 0) is 6.42 Å². The van der Waals surface area contributed by atoms with Crippen LogP contribution in [-0.4, -0.2) is 15.9 Å². The lowest BCUT2D eigenvalue weighted by molar-refractivity contribution is 0.102. The zero-order valence-electron chi connectivity index (χ0n) is 16.5. The van der Waals surface area contributed by atoms with Gasteiger partial charge >= 0.3 is 0 Å². The number of anilines is 3. The molecule has 0 aliphatic heterocycles. The summed E-state index contributed by atoms with van der Waals surface area (Å²) in [6.45, 7) is 1.97. The third-order valence-electron chi connectivity index (χ3n) is 4.55. The first-order valence-electron chi connectivity index (χ1n) is 9.47. The van der Waals surface area contributed by atoms with E-state index in [2.05, 4.69) is 20.6 Å². The average Bonchev–Trinajstić information content (AvgIpc) is 3.18. The van der Waals surface area contributed by atoms with Crippen molar-refractivity contribution in [2.24, 2.45) is 0 Å². The maximum atomic E-state index is 13.5. The van der Waals surface area contributed by atoms with E-state index in [1.54, 1.807) is 36.7 Å². The number of nitrogens with one attached hydrogen (secondary N) is 2. The smallest absolute Gasteiger partial charge is 0.261 e. The highest BCUT2D eigenvalue weighted by Crippen LogP contribution is 2.27. The van der Waals surface area contributed by atoms with Crippen molar-refractivity contribution < 1.29 is 9.18 Å². The summed E-state index contributed by atoms with van der Waals surface area (Å²) in [5.74, 6) is -0.411. The number of hydrogen-bond donors (Lipinski definition) is 2. The average molecular weight is 453 g/mol. The molecular formula is C23H18ClFN4OS. The van der Waals surface area contributed by atoms with Gasteiger partial charge in [-0.3, -0.25) is 10.1 Å². The summed E-state index contributed by atoms with van der Waals surface area (Å²) in [5.41, 5.74) is 2.86. The molecule has 0 saturated carbocycles. The molecule has 5 nitrogen and oxygen atoms in total. The van der Waals surface area contributed by atoms with E-state index in [1.807, 2.05) is 25.1 Å². The molecule has 0 spiro atoms. The van der Waals surface area contributed by atoms with Crippen molar-refractivity contribution in [2.45, 2.75) is 13.3 Å². The number of aromatic nitrogens is 2. The SMILES string of the molecule is Cc1cccc(Cc2cnc(NC(=O)c3cccnc3Nc3cccc(F)c3)s2)c1Cl.